The maximum atomic E-state index is 12.8. The third kappa shape index (κ3) is 5.25. The summed E-state index contributed by atoms with van der Waals surface area (Å²) >= 11 is 0. The van der Waals surface area contributed by atoms with Crippen molar-refractivity contribution >= 4 is 33.0 Å². The average molecular weight is 445 g/mol. The number of nitrogens with zero attached hydrogens (tertiary/aromatic N) is 1. The Labute approximate surface area is 183 Å². The summed E-state index contributed by atoms with van der Waals surface area (Å²) in [6, 6.07) is 11.8. The van der Waals surface area contributed by atoms with Gasteiger partial charge in [-0.1, -0.05) is 6.92 Å². The molecular formula is C23H28N2O5S. The lowest BCUT2D eigenvalue weighted by Crippen LogP contribution is -2.35. The number of fused-ring (bicyclic) bond motifs is 1. The lowest BCUT2D eigenvalue weighted by Gasteiger charge is -2.22. The molecule has 1 heterocycles. The van der Waals surface area contributed by atoms with Gasteiger partial charge in [0.15, 0.2) is 9.84 Å². The molecule has 1 N–H and O–H groups in total. The van der Waals surface area contributed by atoms with Gasteiger partial charge in [0.1, 0.15) is 5.75 Å². The van der Waals surface area contributed by atoms with Crippen LogP contribution >= 0.6 is 0 Å². The fourth-order valence-corrected chi connectivity index (χ4v) is 5.01. The van der Waals surface area contributed by atoms with Crippen molar-refractivity contribution in [3.8, 4) is 5.75 Å². The summed E-state index contributed by atoms with van der Waals surface area (Å²) in [6.07, 6.45) is 0.861. The van der Waals surface area contributed by atoms with Crippen molar-refractivity contribution in [1.82, 2.24) is 0 Å². The molecule has 0 saturated heterocycles. The number of hydrogen-bond acceptors (Lipinski definition) is 5. The van der Waals surface area contributed by atoms with E-state index in [-0.39, 0.29) is 34.9 Å². The lowest BCUT2D eigenvalue weighted by molar-refractivity contribution is -0.118. The summed E-state index contributed by atoms with van der Waals surface area (Å²) in [6.45, 7) is 6.20. The van der Waals surface area contributed by atoms with Crippen LogP contribution in [0.25, 0.3) is 0 Å². The predicted molar refractivity (Wildman–Crippen MR) is 120 cm³/mol. The van der Waals surface area contributed by atoms with Crippen molar-refractivity contribution < 1.29 is 22.7 Å². The third-order valence-electron chi connectivity index (χ3n) is 5.24. The Kier molecular flexibility index (Phi) is 7.00. The van der Waals surface area contributed by atoms with Crippen molar-refractivity contribution in [1.29, 1.82) is 0 Å². The summed E-state index contributed by atoms with van der Waals surface area (Å²) in [7, 11) is -3.63. The van der Waals surface area contributed by atoms with E-state index >= 15 is 0 Å². The Balaban J connectivity index is 1.64. The van der Waals surface area contributed by atoms with Crippen molar-refractivity contribution in [3.63, 3.8) is 0 Å². The van der Waals surface area contributed by atoms with Crippen molar-refractivity contribution in [3.05, 3.63) is 48.0 Å². The van der Waals surface area contributed by atoms with Crippen LogP contribution in [0.5, 0.6) is 5.75 Å². The number of anilines is 2. The minimum absolute atomic E-state index is 0.000275. The maximum Gasteiger partial charge on any atom is 0.226 e. The first-order valence-electron chi connectivity index (χ1n) is 10.5. The molecule has 0 unspecified atom stereocenters. The quantitative estimate of drug-likeness (QED) is 0.672. The van der Waals surface area contributed by atoms with Gasteiger partial charge in [-0.25, -0.2) is 8.42 Å². The maximum absolute atomic E-state index is 12.8. The molecule has 2 aromatic rings. The average Bonchev–Trinajstić information content (AvgIpc) is 3.08. The summed E-state index contributed by atoms with van der Waals surface area (Å²) < 4.78 is 30.9. The predicted octanol–water partition coefficient (Wildman–Crippen LogP) is 3.58. The minimum atomic E-state index is -3.63. The molecule has 1 atom stereocenters. The van der Waals surface area contributed by atoms with Gasteiger partial charge < -0.3 is 15.0 Å². The van der Waals surface area contributed by atoms with E-state index in [2.05, 4.69) is 5.32 Å². The summed E-state index contributed by atoms with van der Waals surface area (Å²) in [4.78, 5) is 26.3. The highest BCUT2D eigenvalue weighted by molar-refractivity contribution is 7.91. The molecule has 0 radical (unpaired) electrons. The molecule has 3 rings (SSSR count). The highest BCUT2D eigenvalue weighted by Gasteiger charge is 2.31. The molecule has 1 aliphatic heterocycles. The van der Waals surface area contributed by atoms with Gasteiger partial charge in [-0.05, 0) is 68.3 Å². The zero-order chi connectivity index (χ0) is 22.6. The normalized spacial score (nSPS) is 15.5. The Bertz CT molecular complexity index is 1060. The first-order chi connectivity index (χ1) is 14.7. The molecule has 0 saturated carbocycles. The van der Waals surface area contributed by atoms with E-state index in [1.807, 2.05) is 20.8 Å². The van der Waals surface area contributed by atoms with Gasteiger partial charge in [0, 0.05) is 30.3 Å². The first-order valence-corrected chi connectivity index (χ1v) is 12.1. The molecule has 2 aromatic carbocycles. The van der Waals surface area contributed by atoms with Crippen LogP contribution < -0.4 is 15.0 Å². The molecule has 0 bridgehead atoms. The van der Waals surface area contributed by atoms with E-state index in [4.69, 9.17) is 4.74 Å². The molecule has 0 aromatic heterocycles. The monoisotopic (exact) mass is 444 g/mol. The van der Waals surface area contributed by atoms with E-state index < -0.39 is 9.84 Å². The van der Waals surface area contributed by atoms with Gasteiger partial charge in [0.05, 0.1) is 17.3 Å². The first kappa shape index (κ1) is 22.8. The summed E-state index contributed by atoms with van der Waals surface area (Å²) in [5.41, 5.74) is 2.19. The van der Waals surface area contributed by atoms with E-state index in [0.29, 0.717) is 30.9 Å². The largest absolute Gasteiger partial charge is 0.494 e. The van der Waals surface area contributed by atoms with Gasteiger partial charge in [-0.15, -0.1) is 0 Å². The minimum Gasteiger partial charge on any atom is -0.494 e. The van der Waals surface area contributed by atoms with Crippen molar-refractivity contribution in [2.75, 3.05) is 22.6 Å². The van der Waals surface area contributed by atoms with Crippen LogP contribution in [0.3, 0.4) is 0 Å². The lowest BCUT2D eigenvalue weighted by atomic mass is 10.1. The Morgan fingerprint density at radius 3 is 2.48 bits per heavy atom. The second-order valence-electron chi connectivity index (χ2n) is 7.54. The van der Waals surface area contributed by atoms with E-state index in [1.54, 1.807) is 41.3 Å². The topological polar surface area (TPSA) is 92.8 Å². The molecular weight excluding hydrogens is 416 g/mol. The fourth-order valence-electron chi connectivity index (χ4n) is 3.72. The number of amides is 2. The Morgan fingerprint density at radius 2 is 1.84 bits per heavy atom. The molecule has 7 nitrogen and oxygen atoms in total. The van der Waals surface area contributed by atoms with E-state index in [0.717, 1.165) is 11.3 Å². The third-order valence-corrected chi connectivity index (χ3v) is 6.96. The van der Waals surface area contributed by atoms with Gasteiger partial charge in [0.2, 0.25) is 11.8 Å². The van der Waals surface area contributed by atoms with Crippen LogP contribution in [0.2, 0.25) is 0 Å². The van der Waals surface area contributed by atoms with Crippen LogP contribution in [-0.4, -0.2) is 38.6 Å². The SMILES string of the molecule is CCOc1ccc(NC(=O)CCS(=O)(=O)c2ccc3c(c2)C[C@H](C)N3C(=O)CC)cc1. The van der Waals surface area contributed by atoms with Crippen molar-refractivity contribution in [2.24, 2.45) is 0 Å². The number of nitrogens with one attached hydrogen (secondary N) is 1. The van der Waals surface area contributed by atoms with Gasteiger partial charge in [-0.2, -0.15) is 0 Å². The number of rotatable bonds is 8. The molecule has 8 heteroatoms. The highest BCUT2D eigenvalue weighted by Crippen LogP contribution is 2.34. The molecule has 0 aliphatic carbocycles. The van der Waals surface area contributed by atoms with E-state index in [1.165, 1.54) is 6.07 Å². The Morgan fingerprint density at radius 1 is 1.13 bits per heavy atom. The molecule has 166 valence electrons. The molecule has 2 amide bonds. The summed E-state index contributed by atoms with van der Waals surface area (Å²) in [5, 5.41) is 2.70. The summed E-state index contributed by atoms with van der Waals surface area (Å²) in [5.74, 6) is 0.0604. The molecule has 31 heavy (non-hydrogen) atoms. The zero-order valence-electron chi connectivity index (χ0n) is 18.1. The number of hydrogen-bond donors (Lipinski definition) is 1. The molecule has 0 fully saturated rings. The molecule has 1 aliphatic rings. The second-order valence-corrected chi connectivity index (χ2v) is 9.64. The van der Waals surface area contributed by atoms with Gasteiger partial charge in [-0.3, -0.25) is 9.59 Å². The fraction of sp³-hybridized carbons (Fsp3) is 0.391. The van der Waals surface area contributed by atoms with Crippen LogP contribution in [-0.2, 0) is 25.8 Å². The standard InChI is InChI=1S/C23H28N2O5S/c1-4-23(27)25-16(3)14-17-15-20(10-11-21(17)25)31(28,29)13-12-22(26)24-18-6-8-19(9-7-18)30-5-2/h6-11,15-16H,4-5,12-14H2,1-3H3,(H,24,26)/t16-/m0/s1. The second kappa shape index (κ2) is 9.51. The highest BCUT2D eigenvalue weighted by atomic mass is 32.2. The van der Waals surface area contributed by atoms with Crippen LogP contribution in [0, 0.1) is 0 Å². The Hall–Kier alpha value is -2.87. The van der Waals surface area contributed by atoms with Crippen molar-refractivity contribution in [2.45, 2.75) is 51.0 Å². The zero-order valence-corrected chi connectivity index (χ0v) is 18.9. The van der Waals surface area contributed by atoms with Gasteiger partial charge in [0.25, 0.3) is 0 Å². The van der Waals surface area contributed by atoms with E-state index in [9.17, 15) is 18.0 Å². The number of sulfone groups is 1. The number of benzene rings is 2. The number of carbonyl (C=O) groups is 2. The number of carbonyl (C=O) groups excluding carboxylic acids is 2. The smallest absolute Gasteiger partial charge is 0.226 e. The van der Waals surface area contributed by atoms with Gasteiger partial charge >= 0.3 is 0 Å². The molecule has 0 spiro atoms. The van der Waals surface area contributed by atoms with Crippen LogP contribution in [0.1, 0.15) is 39.2 Å². The number of ether oxygens (including phenoxy) is 1. The van der Waals surface area contributed by atoms with Crippen LogP contribution in [0.4, 0.5) is 11.4 Å². The van der Waals surface area contributed by atoms with Crippen LogP contribution in [0.15, 0.2) is 47.4 Å².